The van der Waals surface area contributed by atoms with Crippen molar-refractivity contribution in [2.24, 2.45) is 0 Å². The van der Waals surface area contributed by atoms with Crippen molar-refractivity contribution in [1.82, 2.24) is 10.1 Å². The van der Waals surface area contributed by atoms with Gasteiger partial charge in [-0.1, -0.05) is 0 Å². The maximum absolute atomic E-state index is 8.45. The van der Waals surface area contributed by atoms with Gasteiger partial charge in [-0.2, -0.15) is 10.2 Å². The molecule has 1 aliphatic rings. The third-order valence-corrected chi connectivity index (χ3v) is 2.33. The molecule has 5 heteroatoms. The van der Waals surface area contributed by atoms with Crippen LogP contribution >= 0.6 is 0 Å². The third kappa shape index (κ3) is 1.84. The van der Waals surface area contributed by atoms with Crippen LogP contribution in [0.5, 0.6) is 0 Å². The van der Waals surface area contributed by atoms with Crippen LogP contribution in [0, 0.1) is 11.3 Å². The van der Waals surface area contributed by atoms with E-state index in [2.05, 4.69) is 15.0 Å². The molecule has 74 valence electrons. The lowest BCUT2D eigenvalue weighted by Gasteiger charge is -2.24. The molecule has 1 fully saturated rings. The summed E-state index contributed by atoms with van der Waals surface area (Å²) in [5.74, 6) is 1.04. The van der Waals surface area contributed by atoms with Gasteiger partial charge in [0.1, 0.15) is 6.42 Å². The van der Waals surface area contributed by atoms with Gasteiger partial charge < -0.3 is 9.42 Å². The summed E-state index contributed by atoms with van der Waals surface area (Å²) in [5.41, 5.74) is 0. The molecular weight excluding hydrogens is 180 g/mol. The molecule has 0 atom stereocenters. The van der Waals surface area contributed by atoms with E-state index < -0.39 is 0 Å². The fourth-order valence-corrected chi connectivity index (χ4v) is 1.61. The van der Waals surface area contributed by atoms with E-state index in [0.717, 1.165) is 13.1 Å². The Morgan fingerprint density at radius 1 is 1.36 bits per heavy atom. The van der Waals surface area contributed by atoms with Crippen LogP contribution in [-0.4, -0.2) is 23.2 Å². The van der Waals surface area contributed by atoms with Gasteiger partial charge >= 0.3 is 0 Å². The summed E-state index contributed by atoms with van der Waals surface area (Å²) in [6.07, 6.45) is 3.84. The molecule has 0 radical (unpaired) electrons. The van der Waals surface area contributed by atoms with Crippen LogP contribution in [0.1, 0.15) is 25.2 Å². The highest BCUT2D eigenvalue weighted by Gasteiger charge is 2.16. The number of nitriles is 1. The number of aromatic nitrogens is 2. The normalized spacial score (nSPS) is 16.6. The lowest BCUT2D eigenvalue weighted by atomic mass is 10.1. The van der Waals surface area contributed by atoms with E-state index in [1.165, 1.54) is 19.3 Å². The Balaban J connectivity index is 2.04. The predicted molar refractivity (Wildman–Crippen MR) is 49.7 cm³/mol. The maximum atomic E-state index is 8.45. The van der Waals surface area contributed by atoms with Gasteiger partial charge in [0.05, 0.1) is 6.07 Å². The first-order valence-corrected chi connectivity index (χ1v) is 4.84. The van der Waals surface area contributed by atoms with Crippen molar-refractivity contribution in [2.45, 2.75) is 25.7 Å². The largest absolute Gasteiger partial charge is 0.338 e. The van der Waals surface area contributed by atoms with E-state index in [1.807, 2.05) is 6.07 Å². The molecule has 14 heavy (non-hydrogen) atoms. The quantitative estimate of drug-likeness (QED) is 0.702. The first kappa shape index (κ1) is 9.00. The van der Waals surface area contributed by atoms with Crippen LogP contribution in [0.3, 0.4) is 0 Å². The second-order valence-electron chi connectivity index (χ2n) is 3.37. The Morgan fingerprint density at radius 2 is 2.14 bits per heavy atom. The molecule has 0 unspecified atom stereocenters. The first-order valence-electron chi connectivity index (χ1n) is 4.84. The second kappa shape index (κ2) is 4.09. The summed E-state index contributed by atoms with van der Waals surface area (Å²) < 4.78 is 4.93. The molecule has 0 saturated carbocycles. The molecule has 2 rings (SSSR count). The molecule has 0 aliphatic carbocycles. The molecule has 0 amide bonds. The Hall–Kier alpha value is -1.57. The maximum Gasteiger partial charge on any atom is 0.266 e. The molecule has 0 bridgehead atoms. The minimum absolute atomic E-state index is 0.195. The van der Waals surface area contributed by atoms with Crippen molar-refractivity contribution in [1.29, 1.82) is 5.26 Å². The Labute approximate surface area is 82.3 Å². The summed E-state index contributed by atoms with van der Waals surface area (Å²) in [6, 6.07) is 1.99. The molecule has 0 spiro atoms. The topological polar surface area (TPSA) is 66.0 Å². The number of anilines is 1. The molecule has 1 aliphatic heterocycles. The molecule has 1 saturated heterocycles. The monoisotopic (exact) mass is 192 g/mol. The van der Waals surface area contributed by atoms with Gasteiger partial charge in [-0.25, -0.2) is 0 Å². The van der Waals surface area contributed by atoms with Gasteiger partial charge in [-0.15, -0.1) is 0 Å². The lowest BCUT2D eigenvalue weighted by Crippen LogP contribution is -2.30. The van der Waals surface area contributed by atoms with Crippen molar-refractivity contribution in [3.63, 3.8) is 0 Å². The van der Waals surface area contributed by atoms with Crippen molar-refractivity contribution < 1.29 is 4.52 Å². The number of nitrogens with zero attached hydrogens (tertiary/aromatic N) is 4. The third-order valence-electron chi connectivity index (χ3n) is 2.33. The van der Waals surface area contributed by atoms with Gasteiger partial charge in [0.15, 0.2) is 0 Å². The smallest absolute Gasteiger partial charge is 0.266 e. The zero-order chi connectivity index (χ0) is 9.80. The van der Waals surface area contributed by atoms with E-state index in [9.17, 15) is 0 Å². The van der Waals surface area contributed by atoms with Crippen molar-refractivity contribution >= 4 is 5.95 Å². The minimum atomic E-state index is 0.195. The van der Waals surface area contributed by atoms with E-state index in [1.54, 1.807) is 0 Å². The Morgan fingerprint density at radius 3 is 2.86 bits per heavy atom. The highest BCUT2D eigenvalue weighted by atomic mass is 16.5. The van der Waals surface area contributed by atoms with Gasteiger partial charge in [0.25, 0.3) is 5.95 Å². The van der Waals surface area contributed by atoms with Crippen LogP contribution in [0.2, 0.25) is 0 Å². The van der Waals surface area contributed by atoms with Crippen molar-refractivity contribution in [3.8, 4) is 6.07 Å². The highest BCUT2D eigenvalue weighted by molar-refractivity contribution is 5.28. The van der Waals surface area contributed by atoms with E-state index in [-0.39, 0.29) is 6.42 Å². The minimum Gasteiger partial charge on any atom is -0.338 e. The number of piperidine rings is 1. The SMILES string of the molecule is N#CCc1nc(N2CCCCC2)no1. The standard InChI is InChI=1S/C9H12N4O/c10-5-4-8-11-9(12-14-8)13-6-2-1-3-7-13/h1-4,6-7H2. The van der Waals surface area contributed by atoms with Crippen molar-refractivity contribution in [2.75, 3.05) is 18.0 Å². The molecular formula is C9H12N4O. The summed E-state index contributed by atoms with van der Waals surface area (Å²) in [7, 11) is 0. The summed E-state index contributed by atoms with van der Waals surface area (Å²) in [4.78, 5) is 6.25. The van der Waals surface area contributed by atoms with E-state index in [0.29, 0.717) is 11.8 Å². The summed E-state index contributed by atoms with van der Waals surface area (Å²) in [5, 5.41) is 12.3. The zero-order valence-corrected chi connectivity index (χ0v) is 7.94. The average molecular weight is 192 g/mol. The summed E-state index contributed by atoms with van der Waals surface area (Å²) in [6.45, 7) is 1.98. The highest BCUT2D eigenvalue weighted by Crippen LogP contribution is 2.16. The van der Waals surface area contributed by atoms with Crippen LogP contribution in [0.15, 0.2) is 4.52 Å². The Kier molecular flexibility index (Phi) is 2.63. The van der Waals surface area contributed by atoms with E-state index in [4.69, 9.17) is 9.78 Å². The van der Waals surface area contributed by atoms with Crippen LogP contribution in [-0.2, 0) is 6.42 Å². The van der Waals surface area contributed by atoms with Gasteiger partial charge in [0, 0.05) is 13.1 Å². The zero-order valence-electron chi connectivity index (χ0n) is 7.94. The number of hydrogen-bond acceptors (Lipinski definition) is 5. The number of hydrogen-bond donors (Lipinski definition) is 0. The molecule has 1 aromatic heterocycles. The average Bonchev–Trinajstić information content (AvgIpc) is 2.68. The molecule has 2 heterocycles. The van der Waals surface area contributed by atoms with Gasteiger partial charge in [-0.3, -0.25) is 0 Å². The molecule has 5 nitrogen and oxygen atoms in total. The van der Waals surface area contributed by atoms with Crippen molar-refractivity contribution in [3.05, 3.63) is 5.89 Å². The fraction of sp³-hybridized carbons (Fsp3) is 0.667. The molecule has 0 N–H and O–H groups in total. The van der Waals surface area contributed by atoms with Crippen LogP contribution in [0.25, 0.3) is 0 Å². The molecule has 0 aromatic carbocycles. The predicted octanol–water partition coefficient (Wildman–Crippen LogP) is 1.13. The fourth-order valence-electron chi connectivity index (χ4n) is 1.61. The second-order valence-corrected chi connectivity index (χ2v) is 3.37. The van der Waals surface area contributed by atoms with E-state index >= 15 is 0 Å². The van der Waals surface area contributed by atoms with Crippen LogP contribution < -0.4 is 4.90 Å². The molecule has 1 aromatic rings. The Bertz CT molecular complexity index is 335. The number of rotatable bonds is 2. The van der Waals surface area contributed by atoms with Gasteiger partial charge in [-0.05, 0) is 24.4 Å². The first-order chi connectivity index (χ1) is 6.90. The lowest BCUT2D eigenvalue weighted by molar-refractivity contribution is 0.384. The van der Waals surface area contributed by atoms with Crippen LogP contribution in [0.4, 0.5) is 5.95 Å². The summed E-state index contributed by atoms with van der Waals surface area (Å²) >= 11 is 0. The van der Waals surface area contributed by atoms with Gasteiger partial charge in [0.2, 0.25) is 5.89 Å².